The van der Waals surface area contributed by atoms with E-state index in [0.29, 0.717) is 0 Å². The summed E-state index contributed by atoms with van der Waals surface area (Å²) in [5.41, 5.74) is 1.07. The molecule has 13 heavy (non-hydrogen) atoms. The van der Waals surface area contributed by atoms with Gasteiger partial charge in [0.15, 0.2) is 0 Å². The van der Waals surface area contributed by atoms with Crippen LogP contribution in [0.4, 0.5) is 0 Å². The van der Waals surface area contributed by atoms with Crippen molar-refractivity contribution in [1.82, 2.24) is 0 Å². The summed E-state index contributed by atoms with van der Waals surface area (Å²) in [5.74, 6) is 0.155. The maximum atomic E-state index is 11.8. The van der Waals surface area contributed by atoms with Crippen LogP contribution in [0.15, 0.2) is 29.0 Å². The fraction of sp³-hybridized carbons (Fsp3) is 0.100. The average molecular weight is 208 g/mol. The van der Waals surface area contributed by atoms with E-state index in [1.807, 2.05) is 35.9 Å². The SMILES string of the molecule is Cc1ccsc1C(=O)c1cccs1. The molecule has 0 N–H and O–H groups in total. The van der Waals surface area contributed by atoms with Crippen LogP contribution in [0.3, 0.4) is 0 Å². The molecule has 0 fully saturated rings. The highest BCUT2D eigenvalue weighted by Crippen LogP contribution is 2.22. The molecule has 0 unspecified atom stereocenters. The number of rotatable bonds is 2. The van der Waals surface area contributed by atoms with Gasteiger partial charge >= 0.3 is 0 Å². The molecule has 0 spiro atoms. The minimum absolute atomic E-state index is 0.155. The first kappa shape index (κ1) is 8.66. The zero-order valence-electron chi connectivity index (χ0n) is 7.11. The molecule has 3 heteroatoms. The van der Waals surface area contributed by atoms with Crippen molar-refractivity contribution in [2.24, 2.45) is 0 Å². The van der Waals surface area contributed by atoms with E-state index in [4.69, 9.17) is 0 Å². The molecule has 0 saturated carbocycles. The van der Waals surface area contributed by atoms with Crippen molar-refractivity contribution < 1.29 is 4.79 Å². The lowest BCUT2D eigenvalue weighted by atomic mass is 10.2. The van der Waals surface area contributed by atoms with E-state index in [1.54, 1.807) is 0 Å². The van der Waals surface area contributed by atoms with Crippen LogP contribution < -0.4 is 0 Å². The molecule has 0 aliphatic carbocycles. The lowest BCUT2D eigenvalue weighted by Crippen LogP contribution is -1.96. The molecule has 66 valence electrons. The van der Waals surface area contributed by atoms with E-state index in [2.05, 4.69) is 0 Å². The number of carbonyl (C=O) groups excluding carboxylic acids is 1. The van der Waals surface area contributed by atoms with Crippen molar-refractivity contribution in [3.05, 3.63) is 44.3 Å². The standard InChI is InChI=1S/C10H8OS2/c1-7-4-6-13-10(7)9(11)8-3-2-5-12-8/h2-6H,1H3. The van der Waals surface area contributed by atoms with Crippen molar-refractivity contribution in [1.29, 1.82) is 0 Å². The molecule has 0 aromatic carbocycles. The summed E-state index contributed by atoms with van der Waals surface area (Å²) in [7, 11) is 0. The Bertz CT molecular complexity index is 412. The Morgan fingerprint density at radius 3 is 2.62 bits per heavy atom. The molecule has 0 aliphatic heterocycles. The highest BCUT2D eigenvalue weighted by atomic mass is 32.1. The highest BCUT2D eigenvalue weighted by molar-refractivity contribution is 7.15. The monoisotopic (exact) mass is 208 g/mol. The fourth-order valence-corrected chi connectivity index (χ4v) is 2.74. The molecule has 0 saturated heterocycles. The van der Waals surface area contributed by atoms with Crippen LogP contribution in [0, 0.1) is 6.92 Å². The number of hydrogen-bond donors (Lipinski definition) is 0. The van der Waals surface area contributed by atoms with Crippen LogP contribution in [0.1, 0.15) is 20.1 Å². The number of aryl methyl sites for hydroxylation is 1. The van der Waals surface area contributed by atoms with Gasteiger partial charge in [0.1, 0.15) is 0 Å². The third-order valence-corrected chi connectivity index (χ3v) is 3.70. The van der Waals surface area contributed by atoms with Crippen LogP contribution in [-0.2, 0) is 0 Å². The van der Waals surface area contributed by atoms with Gasteiger partial charge < -0.3 is 0 Å². The van der Waals surface area contributed by atoms with Crippen LogP contribution in [0.25, 0.3) is 0 Å². The number of thiophene rings is 2. The summed E-state index contributed by atoms with van der Waals surface area (Å²) in [6, 6.07) is 5.75. The largest absolute Gasteiger partial charge is 0.287 e. The zero-order chi connectivity index (χ0) is 9.26. The Morgan fingerprint density at radius 1 is 1.23 bits per heavy atom. The van der Waals surface area contributed by atoms with Gasteiger partial charge in [-0.2, -0.15) is 0 Å². The van der Waals surface area contributed by atoms with Crippen molar-refractivity contribution in [2.75, 3.05) is 0 Å². The summed E-state index contributed by atoms with van der Waals surface area (Å²) in [6.45, 7) is 1.97. The van der Waals surface area contributed by atoms with Crippen LogP contribution in [-0.4, -0.2) is 5.78 Å². The second-order valence-electron chi connectivity index (χ2n) is 2.74. The Balaban J connectivity index is 2.39. The summed E-state index contributed by atoms with van der Waals surface area (Å²) >= 11 is 3.01. The third kappa shape index (κ3) is 1.57. The first-order valence-electron chi connectivity index (χ1n) is 3.91. The average Bonchev–Trinajstić information content (AvgIpc) is 2.72. The predicted octanol–water partition coefficient (Wildman–Crippen LogP) is 3.35. The molecule has 2 rings (SSSR count). The molecule has 2 heterocycles. The summed E-state index contributed by atoms with van der Waals surface area (Å²) < 4.78 is 0. The molecule has 0 amide bonds. The van der Waals surface area contributed by atoms with Gasteiger partial charge in [0.2, 0.25) is 5.78 Å². The number of carbonyl (C=O) groups is 1. The van der Waals surface area contributed by atoms with Gasteiger partial charge in [-0.25, -0.2) is 0 Å². The smallest absolute Gasteiger partial charge is 0.213 e. The maximum absolute atomic E-state index is 11.8. The van der Waals surface area contributed by atoms with Gasteiger partial charge in [0.25, 0.3) is 0 Å². The molecule has 0 aliphatic rings. The van der Waals surface area contributed by atoms with E-state index in [0.717, 1.165) is 15.3 Å². The van der Waals surface area contributed by atoms with E-state index >= 15 is 0 Å². The van der Waals surface area contributed by atoms with Gasteiger partial charge in [-0.05, 0) is 35.4 Å². The van der Waals surface area contributed by atoms with E-state index in [9.17, 15) is 4.79 Å². The van der Waals surface area contributed by atoms with Gasteiger partial charge in [-0.3, -0.25) is 4.79 Å². The first-order chi connectivity index (χ1) is 6.29. The predicted molar refractivity (Wildman–Crippen MR) is 56.8 cm³/mol. The van der Waals surface area contributed by atoms with Crippen LogP contribution in [0.2, 0.25) is 0 Å². The minimum Gasteiger partial charge on any atom is -0.287 e. The van der Waals surface area contributed by atoms with E-state index in [-0.39, 0.29) is 5.78 Å². The Hall–Kier alpha value is -0.930. The Morgan fingerprint density at radius 2 is 2.08 bits per heavy atom. The zero-order valence-corrected chi connectivity index (χ0v) is 8.74. The van der Waals surface area contributed by atoms with Gasteiger partial charge in [-0.1, -0.05) is 6.07 Å². The first-order valence-corrected chi connectivity index (χ1v) is 5.67. The number of ketones is 1. The van der Waals surface area contributed by atoms with Crippen molar-refractivity contribution >= 4 is 28.5 Å². The van der Waals surface area contributed by atoms with E-state index < -0.39 is 0 Å². The van der Waals surface area contributed by atoms with Crippen LogP contribution >= 0.6 is 22.7 Å². The summed E-state index contributed by atoms with van der Waals surface area (Å²) in [5, 5.41) is 3.88. The van der Waals surface area contributed by atoms with Crippen molar-refractivity contribution in [3.8, 4) is 0 Å². The Labute approximate surface area is 84.7 Å². The minimum atomic E-state index is 0.155. The van der Waals surface area contributed by atoms with Gasteiger partial charge in [0.05, 0.1) is 9.75 Å². The summed E-state index contributed by atoms with van der Waals surface area (Å²) in [4.78, 5) is 13.5. The lowest BCUT2D eigenvalue weighted by molar-refractivity contribution is 0.104. The topological polar surface area (TPSA) is 17.1 Å². The van der Waals surface area contributed by atoms with Crippen molar-refractivity contribution in [3.63, 3.8) is 0 Å². The molecular weight excluding hydrogens is 200 g/mol. The normalized spacial score (nSPS) is 10.2. The molecule has 0 bridgehead atoms. The maximum Gasteiger partial charge on any atom is 0.213 e. The highest BCUT2D eigenvalue weighted by Gasteiger charge is 2.13. The van der Waals surface area contributed by atoms with Crippen LogP contribution in [0.5, 0.6) is 0 Å². The molecule has 1 nitrogen and oxygen atoms in total. The molecule has 2 aromatic rings. The van der Waals surface area contributed by atoms with Gasteiger partial charge in [0, 0.05) is 0 Å². The molecular formula is C10H8OS2. The number of hydrogen-bond acceptors (Lipinski definition) is 3. The van der Waals surface area contributed by atoms with Gasteiger partial charge in [-0.15, -0.1) is 22.7 Å². The van der Waals surface area contributed by atoms with E-state index in [1.165, 1.54) is 22.7 Å². The fourth-order valence-electron chi connectivity index (χ4n) is 1.13. The molecule has 0 atom stereocenters. The lowest BCUT2D eigenvalue weighted by Gasteiger charge is -1.94. The Kier molecular flexibility index (Phi) is 2.29. The molecule has 2 aromatic heterocycles. The second-order valence-corrected chi connectivity index (χ2v) is 4.60. The molecule has 0 radical (unpaired) electrons. The quantitative estimate of drug-likeness (QED) is 0.692. The summed E-state index contributed by atoms with van der Waals surface area (Å²) in [6.07, 6.45) is 0. The third-order valence-electron chi connectivity index (χ3n) is 1.81. The second kappa shape index (κ2) is 3.44. The van der Waals surface area contributed by atoms with Crippen molar-refractivity contribution in [2.45, 2.75) is 6.92 Å².